The van der Waals surface area contributed by atoms with Gasteiger partial charge in [-0.15, -0.1) is 0 Å². The zero-order chi connectivity index (χ0) is 28.2. The maximum absolute atomic E-state index is 13.7. The Kier molecular flexibility index (Phi) is 8.02. The van der Waals surface area contributed by atoms with Gasteiger partial charge in [0.05, 0.1) is 19.2 Å². The van der Waals surface area contributed by atoms with Gasteiger partial charge < -0.3 is 29.1 Å². The van der Waals surface area contributed by atoms with Crippen molar-refractivity contribution in [2.75, 3.05) is 33.5 Å². The molecule has 9 heteroatoms. The molecule has 0 saturated heterocycles. The molecule has 0 saturated carbocycles. The Hall–Kier alpha value is -4.37. The Labute approximate surface area is 233 Å². The van der Waals surface area contributed by atoms with Crippen LogP contribution in [0.1, 0.15) is 45.7 Å². The second kappa shape index (κ2) is 11.8. The number of aliphatic hydroxyl groups is 1. The smallest absolute Gasteiger partial charge is 0.259 e. The van der Waals surface area contributed by atoms with Gasteiger partial charge >= 0.3 is 0 Å². The minimum atomic E-state index is -0.457. The quantitative estimate of drug-likeness (QED) is 0.481. The Morgan fingerprint density at radius 3 is 2.65 bits per heavy atom. The highest BCUT2D eigenvalue weighted by molar-refractivity contribution is 5.97. The number of likely N-dealkylation sites (N-methyl/N-ethyl adjacent to an activating group) is 1. The lowest BCUT2D eigenvalue weighted by atomic mass is 9.99. The number of hydrogen-bond donors (Lipinski definition) is 1. The number of aliphatic hydroxyl groups excluding tert-OH is 1. The van der Waals surface area contributed by atoms with Crippen molar-refractivity contribution >= 4 is 24.0 Å². The van der Waals surface area contributed by atoms with Gasteiger partial charge in [0, 0.05) is 31.3 Å². The summed E-state index contributed by atoms with van der Waals surface area (Å²) < 4.78 is 17.1. The lowest BCUT2D eigenvalue weighted by Gasteiger charge is -2.37. The molecule has 5 rings (SSSR count). The summed E-state index contributed by atoms with van der Waals surface area (Å²) in [6, 6.07) is 16.3. The fourth-order valence-electron chi connectivity index (χ4n) is 4.79. The topological polar surface area (TPSA) is 101 Å². The average Bonchev–Trinajstić information content (AvgIpc) is 3.45. The average molecular weight is 544 g/mol. The van der Waals surface area contributed by atoms with E-state index in [2.05, 4.69) is 4.98 Å². The number of hydrogen-bond acceptors (Lipinski definition) is 7. The molecule has 0 bridgehead atoms. The zero-order valence-electron chi connectivity index (χ0n) is 22.8. The number of carbonyl (C=O) groups is 2. The number of aromatic nitrogens is 1. The summed E-state index contributed by atoms with van der Waals surface area (Å²) in [5.41, 5.74) is 2.56. The molecule has 0 aliphatic carbocycles. The summed E-state index contributed by atoms with van der Waals surface area (Å²) in [5.74, 6) is 0.753. The van der Waals surface area contributed by atoms with Gasteiger partial charge in [-0.2, -0.15) is 0 Å². The second-order valence-corrected chi connectivity index (χ2v) is 10.2. The molecule has 0 spiro atoms. The van der Waals surface area contributed by atoms with Crippen molar-refractivity contribution in [3.05, 3.63) is 83.0 Å². The molecular weight excluding hydrogens is 510 g/mol. The molecule has 2 aromatic carbocycles. The van der Waals surface area contributed by atoms with Crippen LogP contribution in [0.4, 0.5) is 0 Å². The van der Waals surface area contributed by atoms with Crippen molar-refractivity contribution in [2.24, 2.45) is 5.92 Å². The molecule has 9 nitrogen and oxygen atoms in total. The fourth-order valence-corrected chi connectivity index (χ4v) is 4.79. The van der Waals surface area contributed by atoms with Crippen LogP contribution in [-0.4, -0.2) is 77.4 Å². The molecule has 0 radical (unpaired) electrons. The molecule has 2 aliphatic rings. The minimum absolute atomic E-state index is 0.133. The number of carbonyl (C=O) groups excluding carboxylic acids is 2. The summed E-state index contributed by atoms with van der Waals surface area (Å²) >= 11 is 0. The van der Waals surface area contributed by atoms with E-state index >= 15 is 0 Å². The molecule has 1 aromatic heterocycles. The van der Waals surface area contributed by atoms with Crippen LogP contribution < -0.4 is 14.2 Å². The van der Waals surface area contributed by atoms with E-state index in [9.17, 15) is 14.7 Å². The van der Waals surface area contributed by atoms with Crippen LogP contribution in [-0.2, 0) is 0 Å². The van der Waals surface area contributed by atoms with E-state index in [4.69, 9.17) is 14.2 Å². The number of ether oxygens (including phenoxy) is 3. The molecule has 2 aliphatic heterocycles. The van der Waals surface area contributed by atoms with Crippen molar-refractivity contribution in [3.8, 4) is 17.4 Å². The lowest BCUT2D eigenvalue weighted by molar-refractivity contribution is 0.0313. The SMILES string of the molecule is C[C@@H]1CN([C@@H](C)CO)C(=O)c2cc(/C=C/c3ccccc3)cnc2O[C@@H]1CN(C)C(=O)c1ccc2c(c1)OCO2. The second-order valence-electron chi connectivity index (χ2n) is 10.2. The molecule has 3 heterocycles. The number of pyridine rings is 1. The zero-order valence-corrected chi connectivity index (χ0v) is 22.8. The molecule has 3 atom stereocenters. The van der Waals surface area contributed by atoms with E-state index in [0.29, 0.717) is 29.2 Å². The number of amides is 2. The largest absolute Gasteiger partial charge is 0.472 e. The highest BCUT2D eigenvalue weighted by atomic mass is 16.7. The predicted molar refractivity (Wildman–Crippen MR) is 150 cm³/mol. The van der Waals surface area contributed by atoms with Crippen molar-refractivity contribution in [1.29, 1.82) is 0 Å². The van der Waals surface area contributed by atoms with Gasteiger partial charge in [0.2, 0.25) is 12.7 Å². The Morgan fingerprint density at radius 2 is 1.88 bits per heavy atom. The van der Waals surface area contributed by atoms with E-state index < -0.39 is 12.1 Å². The maximum Gasteiger partial charge on any atom is 0.259 e. The molecular formula is C31H33N3O6. The van der Waals surface area contributed by atoms with Gasteiger partial charge in [-0.25, -0.2) is 4.98 Å². The fraction of sp³-hybridized carbons (Fsp3) is 0.323. The molecule has 1 N–H and O–H groups in total. The normalized spacial score (nSPS) is 19.0. The van der Waals surface area contributed by atoms with Crippen molar-refractivity contribution in [3.63, 3.8) is 0 Å². The Bertz CT molecular complexity index is 1410. The number of benzene rings is 2. The van der Waals surface area contributed by atoms with E-state index in [-0.39, 0.29) is 43.6 Å². The lowest BCUT2D eigenvalue weighted by Crippen LogP contribution is -2.50. The van der Waals surface area contributed by atoms with E-state index in [1.165, 1.54) is 0 Å². The van der Waals surface area contributed by atoms with Crippen LogP contribution in [0.5, 0.6) is 17.4 Å². The van der Waals surface area contributed by atoms with Gasteiger partial charge in [0.25, 0.3) is 11.8 Å². The Balaban J connectivity index is 1.41. The maximum atomic E-state index is 13.7. The van der Waals surface area contributed by atoms with Gasteiger partial charge in [-0.1, -0.05) is 49.4 Å². The number of nitrogens with zero attached hydrogens (tertiary/aromatic N) is 3. The van der Waals surface area contributed by atoms with Crippen molar-refractivity contribution in [1.82, 2.24) is 14.8 Å². The van der Waals surface area contributed by atoms with Crippen molar-refractivity contribution in [2.45, 2.75) is 26.0 Å². The monoisotopic (exact) mass is 543 g/mol. The number of rotatable bonds is 7. The summed E-state index contributed by atoms with van der Waals surface area (Å²) in [6.07, 6.45) is 5.05. The first-order valence-corrected chi connectivity index (χ1v) is 13.3. The highest BCUT2D eigenvalue weighted by Crippen LogP contribution is 2.33. The van der Waals surface area contributed by atoms with Gasteiger partial charge in [0.15, 0.2) is 11.5 Å². The first-order valence-electron chi connectivity index (χ1n) is 13.3. The summed E-state index contributed by atoms with van der Waals surface area (Å²) in [6.45, 7) is 4.35. The first kappa shape index (κ1) is 27.2. The van der Waals surface area contributed by atoms with E-state index in [1.807, 2.05) is 56.3 Å². The minimum Gasteiger partial charge on any atom is -0.472 e. The van der Waals surface area contributed by atoms with Crippen LogP contribution in [0, 0.1) is 5.92 Å². The van der Waals surface area contributed by atoms with Crippen LogP contribution in [0.3, 0.4) is 0 Å². The third-order valence-electron chi connectivity index (χ3n) is 7.23. The van der Waals surface area contributed by atoms with Gasteiger partial charge in [-0.05, 0) is 42.3 Å². The van der Waals surface area contributed by atoms with Gasteiger partial charge in [0.1, 0.15) is 11.7 Å². The van der Waals surface area contributed by atoms with Crippen LogP contribution in [0.25, 0.3) is 12.2 Å². The molecule has 0 unspecified atom stereocenters. The van der Waals surface area contributed by atoms with Crippen LogP contribution in [0.2, 0.25) is 0 Å². The Morgan fingerprint density at radius 1 is 1.12 bits per heavy atom. The van der Waals surface area contributed by atoms with Crippen molar-refractivity contribution < 1.29 is 28.9 Å². The van der Waals surface area contributed by atoms with Gasteiger partial charge in [-0.3, -0.25) is 9.59 Å². The third-order valence-corrected chi connectivity index (χ3v) is 7.23. The van der Waals surface area contributed by atoms with Crippen LogP contribution in [0.15, 0.2) is 60.8 Å². The molecule has 40 heavy (non-hydrogen) atoms. The standard InChI is InChI=1S/C31H33N3O6/c1-20-16-34(21(2)18-35)31(37)25-13-23(10-9-22-7-5-4-6-8-22)15-32-29(25)40-28(20)17-33(3)30(36)24-11-12-26-27(14-24)39-19-38-26/h4-15,20-21,28,35H,16-19H2,1-3H3/b10-9+/t20-,21+,28-/m1/s1. The third kappa shape index (κ3) is 5.79. The number of fused-ring (bicyclic) bond motifs is 2. The van der Waals surface area contributed by atoms with E-state index in [1.54, 1.807) is 47.3 Å². The summed E-state index contributed by atoms with van der Waals surface area (Å²) in [5, 5.41) is 9.92. The van der Waals surface area contributed by atoms with E-state index in [0.717, 1.165) is 11.1 Å². The molecule has 0 fully saturated rings. The summed E-state index contributed by atoms with van der Waals surface area (Å²) in [4.78, 5) is 34.7. The molecule has 208 valence electrons. The highest BCUT2D eigenvalue weighted by Gasteiger charge is 2.35. The molecule has 2 amide bonds. The molecule has 3 aromatic rings. The first-order chi connectivity index (χ1) is 19.3. The van der Waals surface area contributed by atoms with Crippen LogP contribution >= 0.6 is 0 Å². The predicted octanol–water partition coefficient (Wildman–Crippen LogP) is 3.97. The summed E-state index contributed by atoms with van der Waals surface area (Å²) in [7, 11) is 1.72.